The van der Waals surface area contributed by atoms with Gasteiger partial charge in [-0.15, -0.1) is 12.4 Å². The van der Waals surface area contributed by atoms with Gasteiger partial charge in [-0.3, -0.25) is 0 Å². The first-order valence-corrected chi connectivity index (χ1v) is 11.4. The number of hydrogen-bond donors (Lipinski definition) is 1. The molecule has 4 nitrogen and oxygen atoms in total. The van der Waals surface area contributed by atoms with E-state index >= 15 is 0 Å². The monoisotopic (exact) mass is 419 g/mol. The van der Waals surface area contributed by atoms with E-state index in [4.69, 9.17) is 10.3 Å². The molecular weight excluding hydrogens is 382 g/mol. The van der Waals surface area contributed by atoms with Crippen LogP contribution in [0.1, 0.15) is 101 Å². The van der Waals surface area contributed by atoms with Gasteiger partial charge in [0.1, 0.15) is 0 Å². The number of aryl methyl sites for hydroxylation is 1. The summed E-state index contributed by atoms with van der Waals surface area (Å²) in [7, 11) is 0. The molecule has 0 amide bonds. The number of unbranched alkanes of at least 4 members (excludes halogenated alkanes) is 7. The van der Waals surface area contributed by atoms with E-state index in [-0.39, 0.29) is 18.4 Å². The van der Waals surface area contributed by atoms with E-state index in [2.05, 4.69) is 41.3 Å². The van der Waals surface area contributed by atoms with Crippen molar-refractivity contribution in [1.29, 1.82) is 0 Å². The molecule has 0 aliphatic heterocycles. The van der Waals surface area contributed by atoms with Crippen LogP contribution in [0.4, 0.5) is 0 Å². The summed E-state index contributed by atoms with van der Waals surface area (Å²) in [5.74, 6) is 1.78. The maximum absolute atomic E-state index is 6.09. The molecule has 0 saturated heterocycles. The summed E-state index contributed by atoms with van der Waals surface area (Å²) in [5, 5.41) is 4.21. The van der Waals surface area contributed by atoms with Gasteiger partial charge in [-0.25, -0.2) is 0 Å². The summed E-state index contributed by atoms with van der Waals surface area (Å²) >= 11 is 0. The van der Waals surface area contributed by atoms with Crippen molar-refractivity contribution >= 4 is 12.4 Å². The van der Waals surface area contributed by atoms with Crippen molar-refractivity contribution in [3.8, 4) is 11.4 Å². The van der Waals surface area contributed by atoms with Crippen molar-refractivity contribution in [2.24, 2.45) is 5.73 Å². The van der Waals surface area contributed by atoms with E-state index in [9.17, 15) is 0 Å². The molecule has 1 saturated carbocycles. The molecule has 1 aliphatic carbocycles. The topological polar surface area (TPSA) is 64.9 Å². The van der Waals surface area contributed by atoms with Gasteiger partial charge in [0.25, 0.3) is 0 Å². The van der Waals surface area contributed by atoms with Crippen molar-refractivity contribution in [2.45, 2.75) is 102 Å². The fraction of sp³-hybridized carbons (Fsp3) is 0.667. The van der Waals surface area contributed by atoms with Crippen LogP contribution in [0.15, 0.2) is 28.8 Å². The van der Waals surface area contributed by atoms with Crippen molar-refractivity contribution < 1.29 is 4.52 Å². The van der Waals surface area contributed by atoms with Crippen LogP contribution in [-0.4, -0.2) is 16.2 Å². The van der Waals surface area contributed by atoms with Gasteiger partial charge in [-0.05, 0) is 37.7 Å². The Morgan fingerprint density at radius 2 is 1.66 bits per heavy atom. The van der Waals surface area contributed by atoms with Crippen LogP contribution in [0.3, 0.4) is 0 Å². The molecule has 1 aromatic carbocycles. The first-order valence-electron chi connectivity index (χ1n) is 11.4. The molecule has 2 N–H and O–H groups in total. The summed E-state index contributed by atoms with van der Waals surface area (Å²) in [4.78, 5) is 4.65. The molecule has 0 radical (unpaired) electrons. The highest BCUT2D eigenvalue weighted by Crippen LogP contribution is 2.32. The summed E-state index contributed by atoms with van der Waals surface area (Å²) in [6, 6.07) is 8.94. The van der Waals surface area contributed by atoms with Gasteiger partial charge in [0, 0.05) is 17.5 Å². The molecule has 2 aromatic rings. The fourth-order valence-corrected chi connectivity index (χ4v) is 4.25. The van der Waals surface area contributed by atoms with Crippen LogP contribution < -0.4 is 5.73 Å². The van der Waals surface area contributed by atoms with Crippen LogP contribution in [-0.2, 0) is 6.42 Å². The van der Waals surface area contributed by atoms with E-state index < -0.39 is 0 Å². The number of nitrogens with two attached hydrogens (primary N) is 1. The average molecular weight is 420 g/mol. The Labute approximate surface area is 182 Å². The molecule has 0 bridgehead atoms. The maximum atomic E-state index is 6.09. The number of aromatic nitrogens is 2. The van der Waals surface area contributed by atoms with Crippen LogP contribution in [0.2, 0.25) is 0 Å². The molecule has 29 heavy (non-hydrogen) atoms. The minimum atomic E-state index is 0. The molecule has 1 heterocycles. The summed E-state index contributed by atoms with van der Waals surface area (Å²) < 4.78 is 5.55. The molecule has 0 unspecified atom stereocenters. The highest BCUT2D eigenvalue weighted by molar-refractivity contribution is 5.85. The highest BCUT2D eigenvalue weighted by Gasteiger charge is 2.25. The molecule has 1 fully saturated rings. The number of nitrogens with zero attached hydrogens (tertiary/aromatic N) is 2. The molecule has 2 atom stereocenters. The minimum absolute atomic E-state index is 0. The zero-order valence-corrected chi connectivity index (χ0v) is 18.8. The predicted octanol–water partition coefficient (Wildman–Crippen LogP) is 6.83. The van der Waals surface area contributed by atoms with Gasteiger partial charge in [-0.2, -0.15) is 4.98 Å². The lowest BCUT2D eigenvalue weighted by molar-refractivity contribution is 0.299. The lowest BCUT2D eigenvalue weighted by Crippen LogP contribution is -2.26. The van der Waals surface area contributed by atoms with Gasteiger partial charge >= 0.3 is 0 Å². The number of rotatable bonds is 11. The Bertz CT molecular complexity index is 686. The first kappa shape index (κ1) is 23.9. The molecule has 3 rings (SSSR count). The average Bonchev–Trinajstić information content (AvgIpc) is 3.21. The third-order valence-corrected chi connectivity index (χ3v) is 6.04. The third-order valence-electron chi connectivity index (χ3n) is 6.04. The SMILES string of the molecule is CCCCCCCCCCc1ccc(-c2noc([C@@H]3CCC[C@@H](N)C3)n2)cc1.Cl. The second kappa shape index (κ2) is 13.0. The maximum Gasteiger partial charge on any atom is 0.230 e. The quantitative estimate of drug-likeness (QED) is 0.405. The Morgan fingerprint density at radius 1 is 0.966 bits per heavy atom. The molecule has 162 valence electrons. The first-order chi connectivity index (χ1) is 13.8. The standard InChI is InChI=1S/C24H37N3O.ClH/c1-2-3-4-5-6-7-8-9-11-19-14-16-20(17-15-19)23-26-24(28-27-23)21-12-10-13-22(25)18-21;/h14-17,21-22H,2-13,18,25H2,1H3;1H/t21-,22-;/m1./s1. The van der Waals surface area contributed by atoms with E-state index in [1.54, 1.807) is 0 Å². The number of benzene rings is 1. The lowest BCUT2D eigenvalue weighted by Gasteiger charge is -2.23. The summed E-state index contributed by atoms with van der Waals surface area (Å²) in [5.41, 5.74) is 8.53. The number of halogens is 1. The Hall–Kier alpha value is -1.39. The Balaban J connectivity index is 0.00000300. The zero-order chi connectivity index (χ0) is 19.6. The third kappa shape index (κ3) is 7.75. The van der Waals surface area contributed by atoms with Crippen molar-refractivity contribution in [3.05, 3.63) is 35.7 Å². The lowest BCUT2D eigenvalue weighted by atomic mass is 9.86. The summed E-state index contributed by atoms with van der Waals surface area (Å²) in [6.45, 7) is 2.27. The minimum Gasteiger partial charge on any atom is -0.339 e. The van der Waals surface area contributed by atoms with E-state index in [1.807, 2.05) is 0 Å². The van der Waals surface area contributed by atoms with Crippen LogP contribution in [0.5, 0.6) is 0 Å². The highest BCUT2D eigenvalue weighted by atomic mass is 35.5. The zero-order valence-electron chi connectivity index (χ0n) is 17.9. The van der Waals surface area contributed by atoms with Crippen LogP contribution >= 0.6 is 12.4 Å². The molecule has 0 spiro atoms. The van der Waals surface area contributed by atoms with Crippen LogP contribution in [0.25, 0.3) is 11.4 Å². The second-order valence-corrected chi connectivity index (χ2v) is 8.50. The Morgan fingerprint density at radius 3 is 2.34 bits per heavy atom. The van der Waals surface area contributed by atoms with Gasteiger partial charge in [0.2, 0.25) is 11.7 Å². The van der Waals surface area contributed by atoms with Crippen molar-refractivity contribution in [1.82, 2.24) is 10.1 Å². The largest absolute Gasteiger partial charge is 0.339 e. The van der Waals surface area contributed by atoms with Gasteiger partial charge in [0.15, 0.2) is 0 Å². The normalized spacial score (nSPS) is 19.1. The second-order valence-electron chi connectivity index (χ2n) is 8.50. The molecule has 1 aliphatic rings. The van der Waals surface area contributed by atoms with Crippen LogP contribution in [0, 0.1) is 0 Å². The Kier molecular flexibility index (Phi) is 10.7. The van der Waals surface area contributed by atoms with Crippen molar-refractivity contribution in [2.75, 3.05) is 0 Å². The number of hydrogen-bond acceptors (Lipinski definition) is 4. The molecule has 5 heteroatoms. The molecule has 1 aromatic heterocycles. The smallest absolute Gasteiger partial charge is 0.230 e. The van der Waals surface area contributed by atoms with Crippen molar-refractivity contribution in [3.63, 3.8) is 0 Å². The van der Waals surface area contributed by atoms with E-state index in [1.165, 1.54) is 56.9 Å². The molecular formula is C24H38ClN3O. The van der Waals surface area contributed by atoms with E-state index in [0.717, 1.165) is 43.6 Å². The van der Waals surface area contributed by atoms with Gasteiger partial charge < -0.3 is 10.3 Å². The van der Waals surface area contributed by atoms with E-state index in [0.29, 0.717) is 11.7 Å². The predicted molar refractivity (Wildman–Crippen MR) is 122 cm³/mol. The fourth-order valence-electron chi connectivity index (χ4n) is 4.25. The van der Waals surface area contributed by atoms with Gasteiger partial charge in [-0.1, -0.05) is 87.7 Å². The summed E-state index contributed by atoms with van der Waals surface area (Å²) in [6.07, 6.45) is 16.4. The van der Waals surface area contributed by atoms with Gasteiger partial charge in [0.05, 0.1) is 0 Å².